The first-order chi connectivity index (χ1) is 7.14. The summed E-state index contributed by atoms with van der Waals surface area (Å²) >= 11 is 1.44. The lowest BCUT2D eigenvalue weighted by Gasteiger charge is -2.05. The number of rotatable bonds is 7. The summed E-state index contributed by atoms with van der Waals surface area (Å²) in [6.07, 6.45) is 1.66. The van der Waals surface area contributed by atoms with Gasteiger partial charge in [-0.15, -0.1) is 11.3 Å². The predicted octanol–water partition coefficient (Wildman–Crippen LogP) is 0.172. The van der Waals surface area contributed by atoms with Gasteiger partial charge in [0.25, 0.3) is 0 Å². The minimum absolute atomic E-state index is 0.103. The third kappa shape index (κ3) is 5.22. The molecule has 0 saturated heterocycles. The molecule has 1 rings (SSSR count). The van der Waals surface area contributed by atoms with Crippen molar-refractivity contribution in [2.45, 2.75) is 13.5 Å². The van der Waals surface area contributed by atoms with Crippen LogP contribution in [0.1, 0.15) is 11.9 Å². The Morgan fingerprint density at radius 2 is 2.33 bits per heavy atom. The van der Waals surface area contributed by atoms with Crippen LogP contribution in [0.25, 0.3) is 0 Å². The smallest absolute Gasteiger partial charge is 0.213 e. The maximum Gasteiger partial charge on any atom is 0.213 e. The van der Waals surface area contributed by atoms with Gasteiger partial charge in [0.1, 0.15) is 5.01 Å². The van der Waals surface area contributed by atoms with Crippen LogP contribution in [0.3, 0.4) is 0 Å². The molecule has 7 heteroatoms. The second kappa shape index (κ2) is 6.16. The van der Waals surface area contributed by atoms with Crippen LogP contribution in [-0.2, 0) is 16.6 Å². The van der Waals surface area contributed by atoms with Crippen molar-refractivity contribution in [1.82, 2.24) is 15.0 Å². The minimum atomic E-state index is -3.18. The van der Waals surface area contributed by atoms with E-state index in [9.17, 15) is 8.42 Å². The molecule has 0 radical (unpaired) electrons. The summed E-state index contributed by atoms with van der Waals surface area (Å²) < 4.78 is 25.4. The van der Waals surface area contributed by atoms with E-state index >= 15 is 0 Å². The van der Waals surface area contributed by atoms with Crippen LogP contribution < -0.4 is 10.0 Å². The Bertz CT molecular complexity index is 361. The molecule has 0 aliphatic carbocycles. The fourth-order valence-electron chi connectivity index (χ4n) is 0.967. The lowest BCUT2D eigenvalue weighted by molar-refractivity contribution is 0.577. The van der Waals surface area contributed by atoms with Gasteiger partial charge < -0.3 is 5.32 Å². The standard InChI is InChI=1S/C8H15N3O2S2/c1-2-9-4-6-15(12,13)11-7-8-10-3-5-14-8/h3,5,9,11H,2,4,6-7H2,1H3. The van der Waals surface area contributed by atoms with Crippen LogP contribution in [0.4, 0.5) is 0 Å². The van der Waals surface area contributed by atoms with E-state index in [2.05, 4.69) is 15.0 Å². The van der Waals surface area contributed by atoms with Crippen molar-refractivity contribution >= 4 is 21.4 Å². The van der Waals surface area contributed by atoms with Crippen LogP contribution in [0.15, 0.2) is 11.6 Å². The molecular weight excluding hydrogens is 234 g/mol. The Hall–Kier alpha value is -0.500. The Balaban J connectivity index is 2.30. The van der Waals surface area contributed by atoms with Gasteiger partial charge in [0.15, 0.2) is 0 Å². The molecule has 0 spiro atoms. The van der Waals surface area contributed by atoms with E-state index in [0.717, 1.165) is 11.6 Å². The van der Waals surface area contributed by atoms with E-state index in [1.54, 1.807) is 6.20 Å². The number of thiazole rings is 1. The zero-order valence-electron chi connectivity index (χ0n) is 8.56. The van der Waals surface area contributed by atoms with E-state index < -0.39 is 10.0 Å². The fraction of sp³-hybridized carbons (Fsp3) is 0.625. The maximum atomic E-state index is 11.4. The molecule has 0 aromatic carbocycles. The second-order valence-electron chi connectivity index (χ2n) is 2.92. The van der Waals surface area contributed by atoms with Crippen LogP contribution in [0.2, 0.25) is 0 Å². The molecular formula is C8H15N3O2S2. The van der Waals surface area contributed by atoms with E-state index in [1.807, 2.05) is 12.3 Å². The number of hydrogen-bond acceptors (Lipinski definition) is 5. The van der Waals surface area contributed by atoms with Crippen LogP contribution in [0, 0.1) is 0 Å². The summed E-state index contributed by atoms with van der Waals surface area (Å²) in [5.41, 5.74) is 0. The highest BCUT2D eigenvalue weighted by Crippen LogP contribution is 2.03. The second-order valence-corrected chi connectivity index (χ2v) is 5.82. The van der Waals surface area contributed by atoms with Gasteiger partial charge >= 0.3 is 0 Å². The highest BCUT2D eigenvalue weighted by Gasteiger charge is 2.09. The van der Waals surface area contributed by atoms with Crippen molar-refractivity contribution in [2.75, 3.05) is 18.8 Å². The lowest BCUT2D eigenvalue weighted by Crippen LogP contribution is -2.31. The summed E-state index contributed by atoms with van der Waals surface area (Å²) in [6, 6.07) is 0. The number of nitrogens with zero attached hydrogens (tertiary/aromatic N) is 1. The van der Waals surface area contributed by atoms with Crippen LogP contribution in [-0.4, -0.2) is 32.2 Å². The summed E-state index contributed by atoms with van der Waals surface area (Å²) in [5, 5.41) is 5.57. The Morgan fingerprint density at radius 1 is 1.53 bits per heavy atom. The van der Waals surface area contributed by atoms with Gasteiger partial charge in [0, 0.05) is 18.1 Å². The highest BCUT2D eigenvalue weighted by molar-refractivity contribution is 7.89. The zero-order valence-corrected chi connectivity index (χ0v) is 10.2. The van der Waals surface area contributed by atoms with E-state index in [-0.39, 0.29) is 12.3 Å². The van der Waals surface area contributed by atoms with Gasteiger partial charge in [-0.3, -0.25) is 0 Å². The molecule has 15 heavy (non-hydrogen) atoms. The third-order valence-corrected chi connectivity index (χ3v) is 3.83. The molecule has 1 aromatic heterocycles. The molecule has 0 unspecified atom stereocenters. The summed E-state index contributed by atoms with van der Waals surface area (Å²) in [4.78, 5) is 3.99. The van der Waals surface area contributed by atoms with Gasteiger partial charge in [-0.2, -0.15) is 0 Å². The molecule has 0 aliphatic rings. The Morgan fingerprint density at radius 3 is 2.93 bits per heavy atom. The fourth-order valence-corrected chi connectivity index (χ4v) is 2.53. The highest BCUT2D eigenvalue weighted by atomic mass is 32.2. The van der Waals surface area contributed by atoms with Crippen molar-refractivity contribution in [2.24, 2.45) is 0 Å². The third-order valence-electron chi connectivity index (χ3n) is 1.72. The summed E-state index contributed by atoms with van der Waals surface area (Å²) in [5.74, 6) is 0.103. The molecule has 0 amide bonds. The maximum absolute atomic E-state index is 11.4. The Labute approximate surface area is 94.0 Å². The largest absolute Gasteiger partial charge is 0.316 e. The van der Waals surface area contributed by atoms with E-state index in [0.29, 0.717) is 6.54 Å². The zero-order chi connectivity index (χ0) is 11.1. The molecule has 1 heterocycles. The molecule has 0 bridgehead atoms. The minimum Gasteiger partial charge on any atom is -0.316 e. The Kier molecular flexibility index (Phi) is 5.16. The predicted molar refractivity (Wildman–Crippen MR) is 61.3 cm³/mol. The van der Waals surface area contributed by atoms with Crippen molar-refractivity contribution in [1.29, 1.82) is 0 Å². The van der Waals surface area contributed by atoms with Crippen molar-refractivity contribution < 1.29 is 8.42 Å². The molecule has 0 saturated carbocycles. The molecule has 2 N–H and O–H groups in total. The topological polar surface area (TPSA) is 71.1 Å². The first-order valence-corrected chi connectivity index (χ1v) is 7.23. The molecule has 0 fully saturated rings. The SMILES string of the molecule is CCNCCS(=O)(=O)NCc1nccs1. The van der Waals surface area contributed by atoms with Gasteiger partial charge in [-0.25, -0.2) is 18.1 Å². The number of aromatic nitrogens is 1. The van der Waals surface area contributed by atoms with Crippen molar-refractivity contribution in [3.63, 3.8) is 0 Å². The van der Waals surface area contributed by atoms with Crippen LogP contribution >= 0.6 is 11.3 Å². The van der Waals surface area contributed by atoms with Crippen molar-refractivity contribution in [3.05, 3.63) is 16.6 Å². The number of sulfonamides is 1. The van der Waals surface area contributed by atoms with E-state index in [4.69, 9.17) is 0 Å². The molecule has 86 valence electrons. The average molecular weight is 249 g/mol. The monoisotopic (exact) mass is 249 g/mol. The van der Waals surface area contributed by atoms with Crippen LogP contribution in [0.5, 0.6) is 0 Å². The first-order valence-electron chi connectivity index (χ1n) is 4.70. The molecule has 5 nitrogen and oxygen atoms in total. The average Bonchev–Trinajstić information content (AvgIpc) is 2.68. The number of nitrogens with one attached hydrogen (secondary N) is 2. The quantitative estimate of drug-likeness (QED) is 0.676. The normalized spacial score (nSPS) is 11.8. The lowest BCUT2D eigenvalue weighted by atomic mass is 10.7. The first kappa shape index (κ1) is 12.6. The van der Waals surface area contributed by atoms with Gasteiger partial charge in [0.2, 0.25) is 10.0 Å². The van der Waals surface area contributed by atoms with Gasteiger partial charge in [-0.1, -0.05) is 6.92 Å². The summed E-state index contributed by atoms with van der Waals surface area (Å²) in [7, 11) is -3.18. The molecule has 1 aromatic rings. The van der Waals surface area contributed by atoms with Crippen molar-refractivity contribution in [3.8, 4) is 0 Å². The van der Waals surface area contributed by atoms with Gasteiger partial charge in [-0.05, 0) is 6.54 Å². The summed E-state index contributed by atoms with van der Waals surface area (Å²) in [6.45, 7) is 3.48. The van der Waals surface area contributed by atoms with Gasteiger partial charge in [0.05, 0.1) is 12.3 Å². The number of hydrogen-bond donors (Lipinski definition) is 2. The molecule has 0 atom stereocenters. The van der Waals surface area contributed by atoms with E-state index in [1.165, 1.54) is 11.3 Å². The molecule has 0 aliphatic heterocycles.